The molecule has 206 valence electrons. The number of pyridine rings is 1. The molecule has 0 bridgehead atoms. The Kier molecular flexibility index (Phi) is 7.28. The van der Waals surface area contributed by atoms with Crippen LogP contribution in [-0.4, -0.2) is 42.9 Å². The van der Waals surface area contributed by atoms with Gasteiger partial charge in [0.05, 0.1) is 22.7 Å². The van der Waals surface area contributed by atoms with Gasteiger partial charge in [-0.05, 0) is 60.2 Å². The predicted molar refractivity (Wildman–Crippen MR) is 141 cm³/mol. The molecule has 2 amide bonds. The first-order chi connectivity index (χ1) is 19.1. The number of fused-ring (bicyclic) bond motifs is 1. The topological polar surface area (TPSA) is 157 Å². The Hall–Kier alpha value is -4.69. The molecule has 3 aromatic heterocycles. The summed E-state index contributed by atoms with van der Waals surface area (Å²) in [6.07, 6.45) is -2.67. The van der Waals surface area contributed by atoms with E-state index < -0.39 is 22.8 Å². The molecule has 2 aromatic carbocycles. The number of benzene rings is 2. The van der Waals surface area contributed by atoms with Crippen molar-refractivity contribution >= 4 is 45.8 Å². The number of carbonyl (C=O) groups is 1. The number of nitrogens with one attached hydrogen (secondary N) is 2. The first-order valence-electron chi connectivity index (χ1n) is 11.7. The molecule has 0 aliphatic carbocycles. The number of anilines is 3. The number of aromatic nitrogens is 5. The molecule has 15 heteroatoms. The number of hydrogen-bond acceptors (Lipinski definition) is 8. The molecule has 40 heavy (non-hydrogen) atoms. The van der Waals surface area contributed by atoms with Crippen molar-refractivity contribution in [1.82, 2.24) is 25.2 Å². The van der Waals surface area contributed by atoms with E-state index in [2.05, 4.69) is 31.0 Å². The normalized spacial score (nSPS) is 11.6. The van der Waals surface area contributed by atoms with Crippen molar-refractivity contribution < 1.29 is 27.5 Å². The monoisotopic (exact) mass is 572 g/mol. The Morgan fingerprint density at radius 3 is 2.60 bits per heavy atom. The number of tetrazole rings is 1. The summed E-state index contributed by atoms with van der Waals surface area (Å²) in [4.78, 5) is 18.0. The van der Waals surface area contributed by atoms with Crippen molar-refractivity contribution in [2.45, 2.75) is 19.1 Å². The first kappa shape index (κ1) is 26.9. The number of carbonyl (C=O) groups excluding carboxylic acids is 1. The third kappa shape index (κ3) is 5.82. The van der Waals surface area contributed by atoms with E-state index in [1.165, 1.54) is 17.1 Å². The standard InChI is InChI=1S/C25H20ClF3N8O3/c26-19-4-2-16(11-18(19)25(27,28)29)33-24(39)32-15-3-5-20-13(8-15)10-21(40-20)17-9-14(12-31-22(17)30)23-34-36-37(35-23)6-1-7-38/h2-5,8-12,38H,1,6-7H2,(H2,30,31)(H2,32,33,39). The molecule has 5 N–H and O–H groups in total. The molecule has 0 aliphatic heterocycles. The molecule has 0 fully saturated rings. The highest BCUT2D eigenvalue weighted by Crippen LogP contribution is 2.36. The van der Waals surface area contributed by atoms with Gasteiger partial charge < -0.3 is 25.9 Å². The number of nitrogen functional groups attached to an aromatic ring is 1. The second kappa shape index (κ2) is 10.8. The van der Waals surface area contributed by atoms with Crippen LogP contribution in [0.2, 0.25) is 5.02 Å². The molecule has 0 aliphatic rings. The lowest BCUT2D eigenvalue weighted by Crippen LogP contribution is -2.19. The minimum atomic E-state index is -4.66. The second-order valence-corrected chi connectivity index (χ2v) is 8.98. The molecule has 0 atom stereocenters. The van der Waals surface area contributed by atoms with E-state index in [1.807, 2.05) is 0 Å². The fraction of sp³-hybridized carbons (Fsp3) is 0.160. The van der Waals surface area contributed by atoms with Gasteiger partial charge in [-0.15, -0.1) is 10.2 Å². The summed E-state index contributed by atoms with van der Waals surface area (Å²) in [5, 5.41) is 26.3. The molecular formula is C25H20ClF3N8O3. The number of furan rings is 1. The van der Waals surface area contributed by atoms with Crippen LogP contribution in [0.4, 0.5) is 35.2 Å². The Morgan fingerprint density at radius 2 is 1.85 bits per heavy atom. The number of hydrogen-bond donors (Lipinski definition) is 4. The Labute approximate surface area is 228 Å². The number of rotatable bonds is 7. The van der Waals surface area contributed by atoms with E-state index in [1.54, 1.807) is 30.3 Å². The molecular weight excluding hydrogens is 553 g/mol. The van der Waals surface area contributed by atoms with Gasteiger partial charge in [0.2, 0.25) is 5.82 Å². The molecule has 0 radical (unpaired) electrons. The predicted octanol–water partition coefficient (Wildman–Crippen LogP) is 5.43. The highest BCUT2D eigenvalue weighted by molar-refractivity contribution is 6.31. The van der Waals surface area contributed by atoms with Crippen LogP contribution in [0.15, 0.2) is 59.1 Å². The van der Waals surface area contributed by atoms with Gasteiger partial charge in [-0.2, -0.15) is 18.0 Å². The third-order valence-electron chi connectivity index (χ3n) is 5.72. The quantitative estimate of drug-likeness (QED) is 0.201. The number of nitrogens with zero attached hydrogens (tertiary/aromatic N) is 5. The number of amides is 2. The average Bonchev–Trinajstić information content (AvgIpc) is 3.55. The fourth-order valence-electron chi connectivity index (χ4n) is 3.83. The van der Waals surface area contributed by atoms with Crippen LogP contribution < -0.4 is 16.4 Å². The molecule has 0 saturated heterocycles. The maximum Gasteiger partial charge on any atom is 0.417 e. The third-order valence-corrected chi connectivity index (χ3v) is 6.04. The maximum absolute atomic E-state index is 13.1. The van der Waals surface area contributed by atoms with Crippen LogP contribution in [0.1, 0.15) is 12.0 Å². The summed E-state index contributed by atoms with van der Waals surface area (Å²) >= 11 is 5.63. The van der Waals surface area contributed by atoms with Crippen LogP contribution in [0.25, 0.3) is 33.7 Å². The van der Waals surface area contributed by atoms with E-state index in [4.69, 9.17) is 26.9 Å². The summed E-state index contributed by atoms with van der Waals surface area (Å²) in [5.74, 6) is 0.926. The number of halogens is 4. The van der Waals surface area contributed by atoms with Crippen LogP contribution in [0.5, 0.6) is 0 Å². The van der Waals surface area contributed by atoms with Crippen molar-refractivity contribution in [2.24, 2.45) is 0 Å². The zero-order valence-corrected chi connectivity index (χ0v) is 21.2. The summed E-state index contributed by atoms with van der Waals surface area (Å²) in [7, 11) is 0. The van der Waals surface area contributed by atoms with Gasteiger partial charge in [0.15, 0.2) is 0 Å². The van der Waals surface area contributed by atoms with Gasteiger partial charge in [0, 0.05) is 35.1 Å². The lowest BCUT2D eigenvalue weighted by Gasteiger charge is -2.12. The van der Waals surface area contributed by atoms with Crippen LogP contribution in [0.3, 0.4) is 0 Å². The van der Waals surface area contributed by atoms with Crippen LogP contribution in [0, 0.1) is 0 Å². The lowest BCUT2D eigenvalue weighted by molar-refractivity contribution is -0.137. The number of nitrogens with two attached hydrogens (primary N) is 1. The Balaban J connectivity index is 1.34. The van der Waals surface area contributed by atoms with E-state index in [0.717, 1.165) is 12.1 Å². The minimum Gasteiger partial charge on any atom is -0.456 e. The highest BCUT2D eigenvalue weighted by atomic mass is 35.5. The van der Waals surface area contributed by atoms with Gasteiger partial charge in [0.1, 0.15) is 17.2 Å². The smallest absolute Gasteiger partial charge is 0.417 e. The van der Waals surface area contributed by atoms with Crippen molar-refractivity contribution in [3.05, 3.63) is 65.3 Å². The van der Waals surface area contributed by atoms with Crippen LogP contribution >= 0.6 is 11.6 Å². The average molecular weight is 573 g/mol. The maximum atomic E-state index is 13.1. The largest absolute Gasteiger partial charge is 0.456 e. The number of urea groups is 1. The van der Waals surface area contributed by atoms with Crippen LogP contribution in [-0.2, 0) is 12.7 Å². The van der Waals surface area contributed by atoms with Gasteiger partial charge in [-0.3, -0.25) is 0 Å². The number of aliphatic hydroxyl groups excluding tert-OH is 1. The molecule has 0 spiro atoms. The van der Waals surface area contributed by atoms with Crippen molar-refractivity contribution in [2.75, 3.05) is 23.0 Å². The highest BCUT2D eigenvalue weighted by Gasteiger charge is 2.33. The number of aliphatic hydroxyl groups is 1. The molecule has 3 heterocycles. The van der Waals surface area contributed by atoms with E-state index >= 15 is 0 Å². The summed E-state index contributed by atoms with van der Waals surface area (Å²) in [5.41, 5.74) is 6.86. The Bertz CT molecular complexity index is 1700. The van der Waals surface area contributed by atoms with E-state index in [-0.39, 0.29) is 18.1 Å². The zero-order valence-electron chi connectivity index (χ0n) is 20.4. The first-order valence-corrected chi connectivity index (χ1v) is 12.1. The van der Waals surface area contributed by atoms with E-state index in [0.29, 0.717) is 52.3 Å². The number of aryl methyl sites for hydroxylation is 1. The van der Waals surface area contributed by atoms with Gasteiger partial charge >= 0.3 is 12.2 Å². The number of alkyl halides is 3. The second-order valence-electron chi connectivity index (χ2n) is 8.58. The lowest BCUT2D eigenvalue weighted by atomic mass is 10.1. The van der Waals surface area contributed by atoms with E-state index in [9.17, 15) is 18.0 Å². The summed E-state index contributed by atoms with van der Waals surface area (Å²) in [6.45, 7) is 0.411. The molecule has 0 saturated carbocycles. The van der Waals surface area contributed by atoms with Crippen molar-refractivity contribution in [3.8, 4) is 22.7 Å². The SMILES string of the molecule is Nc1ncc(-c2nnn(CCCO)n2)cc1-c1cc2cc(NC(=O)Nc3ccc(Cl)c(C(F)(F)F)c3)ccc2o1. The zero-order chi connectivity index (χ0) is 28.4. The van der Waals surface area contributed by atoms with Crippen molar-refractivity contribution in [1.29, 1.82) is 0 Å². The van der Waals surface area contributed by atoms with Gasteiger partial charge in [-0.1, -0.05) is 11.6 Å². The molecule has 0 unspecified atom stereocenters. The molecule has 5 aromatic rings. The van der Waals surface area contributed by atoms with Gasteiger partial charge in [0.25, 0.3) is 0 Å². The molecule has 5 rings (SSSR count). The fourth-order valence-corrected chi connectivity index (χ4v) is 4.05. The van der Waals surface area contributed by atoms with Crippen molar-refractivity contribution in [3.63, 3.8) is 0 Å². The Morgan fingerprint density at radius 1 is 1.10 bits per heavy atom. The minimum absolute atomic E-state index is 0.00353. The summed E-state index contributed by atoms with van der Waals surface area (Å²) < 4.78 is 45.3. The molecule has 11 nitrogen and oxygen atoms in total. The summed E-state index contributed by atoms with van der Waals surface area (Å²) in [6, 6.07) is 10.6. The van der Waals surface area contributed by atoms with Gasteiger partial charge in [-0.25, -0.2) is 9.78 Å².